The first-order valence-electron chi connectivity index (χ1n) is 4.33. The second-order valence-electron chi connectivity index (χ2n) is 3.15. The summed E-state index contributed by atoms with van der Waals surface area (Å²) in [5, 5.41) is 2.79. The standard InChI is InChI=1S/C9H11ClN2OS2/c1-5(4-8(11)14)12-9(13)6-2-3-7(10)15-6/h2-3,5H,4H2,1H3,(H2,11,14)(H,12,13). The van der Waals surface area contributed by atoms with Gasteiger partial charge in [-0.15, -0.1) is 11.3 Å². The second kappa shape index (κ2) is 5.44. The molecule has 1 heterocycles. The zero-order valence-corrected chi connectivity index (χ0v) is 10.5. The quantitative estimate of drug-likeness (QED) is 0.818. The highest BCUT2D eigenvalue weighted by Crippen LogP contribution is 2.21. The van der Waals surface area contributed by atoms with Gasteiger partial charge in [-0.3, -0.25) is 4.79 Å². The van der Waals surface area contributed by atoms with E-state index in [-0.39, 0.29) is 11.9 Å². The van der Waals surface area contributed by atoms with Gasteiger partial charge in [0.15, 0.2) is 0 Å². The average molecular weight is 263 g/mol. The Labute approximate surface area is 103 Å². The van der Waals surface area contributed by atoms with Gasteiger partial charge in [-0.1, -0.05) is 23.8 Å². The normalized spacial score (nSPS) is 12.1. The van der Waals surface area contributed by atoms with Gasteiger partial charge in [0.05, 0.1) is 14.2 Å². The smallest absolute Gasteiger partial charge is 0.261 e. The fourth-order valence-corrected chi connectivity index (χ4v) is 2.28. The summed E-state index contributed by atoms with van der Waals surface area (Å²) in [4.78, 5) is 12.6. The van der Waals surface area contributed by atoms with Gasteiger partial charge in [0.1, 0.15) is 0 Å². The van der Waals surface area contributed by atoms with Crippen LogP contribution in [0.5, 0.6) is 0 Å². The molecule has 82 valence electrons. The van der Waals surface area contributed by atoms with Crippen molar-refractivity contribution in [3.63, 3.8) is 0 Å². The first-order chi connectivity index (χ1) is 6.99. The molecule has 1 aromatic rings. The Balaban J connectivity index is 2.52. The number of carbonyl (C=O) groups is 1. The van der Waals surface area contributed by atoms with Crippen LogP contribution in [-0.4, -0.2) is 16.9 Å². The van der Waals surface area contributed by atoms with E-state index in [2.05, 4.69) is 5.32 Å². The molecule has 0 aliphatic rings. The fraction of sp³-hybridized carbons (Fsp3) is 0.333. The zero-order chi connectivity index (χ0) is 11.4. The molecule has 1 rings (SSSR count). The maximum atomic E-state index is 11.6. The van der Waals surface area contributed by atoms with Crippen LogP contribution < -0.4 is 11.1 Å². The largest absolute Gasteiger partial charge is 0.393 e. The van der Waals surface area contributed by atoms with E-state index < -0.39 is 0 Å². The molecule has 0 spiro atoms. The molecule has 1 aromatic heterocycles. The highest BCUT2D eigenvalue weighted by Gasteiger charge is 2.12. The number of carbonyl (C=O) groups excluding carboxylic acids is 1. The number of nitrogens with two attached hydrogens (primary N) is 1. The van der Waals surface area contributed by atoms with Crippen LogP contribution in [0, 0.1) is 0 Å². The molecular formula is C9H11ClN2OS2. The Morgan fingerprint density at radius 3 is 2.87 bits per heavy atom. The van der Waals surface area contributed by atoms with E-state index in [0.29, 0.717) is 20.6 Å². The van der Waals surface area contributed by atoms with Crippen molar-refractivity contribution in [1.82, 2.24) is 5.32 Å². The highest BCUT2D eigenvalue weighted by atomic mass is 35.5. The van der Waals surface area contributed by atoms with Crippen LogP contribution >= 0.6 is 35.2 Å². The summed E-state index contributed by atoms with van der Waals surface area (Å²) >= 11 is 11.7. The lowest BCUT2D eigenvalue weighted by Gasteiger charge is -2.11. The molecular weight excluding hydrogens is 252 g/mol. The Kier molecular flexibility index (Phi) is 4.50. The van der Waals surface area contributed by atoms with Crippen LogP contribution in [0.1, 0.15) is 23.0 Å². The van der Waals surface area contributed by atoms with Gasteiger partial charge in [0.2, 0.25) is 0 Å². The van der Waals surface area contributed by atoms with Crippen molar-refractivity contribution < 1.29 is 4.79 Å². The van der Waals surface area contributed by atoms with Crippen molar-refractivity contribution in [2.45, 2.75) is 19.4 Å². The van der Waals surface area contributed by atoms with E-state index in [0.717, 1.165) is 0 Å². The van der Waals surface area contributed by atoms with E-state index in [4.69, 9.17) is 29.6 Å². The van der Waals surface area contributed by atoms with Crippen LogP contribution in [0.4, 0.5) is 0 Å². The second-order valence-corrected chi connectivity index (χ2v) is 5.39. The van der Waals surface area contributed by atoms with Gasteiger partial charge in [-0.05, 0) is 19.1 Å². The Hall–Kier alpha value is -0.650. The van der Waals surface area contributed by atoms with Crippen LogP contribution in [0.3, 0.4) is 0 Å². The first-order valence-corrected chi connectivity index (χ1v) is 5.94. The van der Waals surface area contributed by atoms with E-state index in [9.17, 15) is 4.79 Å². The summed E-state index contributed by atoms with van der Waals surface area (Å²) in [5.41, 5.74) is 5.37. The SMILES string of the molecule is CC(CC(N)=S)NC(=O)c1ccc(Cl)s1. The average Bonchev–Trinajstić information content (AvgIpc) is 2.49. The molecule has 0 saturated heterocycles. The van der Waals surface area contributed by atoms with Gasteiger partial charge >= 0.3 is 0 Å². The number of amides is 1. The molecule has 15 heavy (non-hydrogen) atoms. The lowest BCUT2D eigenvalue weighted by molar-refractivity contribution is 0.0945. The monoisotopic (exact) mass is 262 g/mol. The van der Waals surface area contributed by atoms with Crippen LogP contribution in [0.25, 0.3) is 0 Å². The highest BCUT2D eigenvalue weighted by molar-refractivity contribution is 7.80. The summed E-state index contributed by atoms with van der Waals surface area (Å²) in [6.45, 7) is 1.85. The van der Waals surface area contributed by atoms with Crippen molar-refractivity contribution in [1.29, 1.82) is 0 Å². The maximum absolute atomic E-state index is 11.6. The summed E-state index contributed by atoms with van der Waals surface area (Å²) in [6, 6.07) is 3.32. The Morgan fingerprint density at radius 1 is 1.73 bits per heavy atom. The molecule has 0 fully saturated rings. The van der Waals surface area contributed by atoms with Gasteiger partial charge in [-0.25, -0.2) is 0 Å². The Morgan fingerprint density at radius 2 is 2.40 bits per heavy atom. The molecule has 3 nitrogen and oxygen atoms in total. The molecule has 0 saturated carbocycles. The molecule has 1 amide bonds. The van der Waals surface area contributed by atoms with E-state index >= 15 is 0 Å². The van der Waals surface area contributed by atoms with Crippen LogP contribution in [-0.2, 0) is 0 Å². The number of halogens is 1. The number of hydrogen-bond donors (Lipinski definition) is 2. The number of thiocarbonyl (C=S) groups is 1. The molecule has 1 atom stereocenters. The minimum Gasteiger partial charge on any atom is -0.393 e. The molecule has 1 unspecified atom stereocenters. The van der Waals surface area contributed by atoms with Gasteiger partial charge < -0.3 is 11.1 Å². The minimum absolute atomic E-state index is 0.0594. The van der Waals surface area contributed by atoms with Crippen molar-refractivity contribution >= 4 is 46.1 Å². The summed E-state index contributed by atoms with van der Waals surface area (Å²) in [7, 11) is 0. The van der Waals surface area contributed by atoms with Crippen LogP contribution in [0.15, 0.2) is 12.1 Å². The zero-order valence-electron chi connectivity index (χ0n) is 8.12. The lowest BCUT2D eigenvalue weighted by atomic mass is 10.2. The van der Waals surface area contributed by atoms with E-state index in [1.807, 2.05) is 6.92 Å². The van der Waals surface area contributed by atoms with Crippen LogP contribution in [0.2, 0.25) is 4.34 Å². The van der Waals surface area contributed by atoms with Crippen molar-refractivity contribution in [2.75, 3.05) is 0 Å². The molecule has 3 N–H and O–H groups in total. The number of rotatable bonds is 4. The molecule has 0 radical (unpaired) electrons. The van der Waals surface area contributed by atoms with E-state index in [1.165, 1.54) is 11.3 Å². The molecule has 0 aromatic carbocycles. The third-order valence-electron chi connectivity index (χ3n) is 1.68. The van der Waals surface area contributed by atoms with Gasteiger partial charge in [0.25, 0.3) is 5.91 Å². The maximum Gasteiger partial charge on any atom is 0.261 e. The van der Waals surface area contributed by atoms with Crippen molar-refractivity contribution in [3.05, 3.63) is 21.3 Å². The molecule has 6 heteroatoms. The summed E-state index contributed by atoms with van der Waals surface area (Å²) in [5.74, 6) is -0.143. The minimum atomic E-state index is -0.143. The fourth-order valence-electron chi connectivity index (χ4n) is 1.08. The third-order valence-corrected chi connectivity index (χ3v) is 3.08. The predicted molar refractivity (Wildman–Crippen MR) is 67.7 cm³/mol. The first kappa shape index (κ1) is 12.4. The van der Waals surface area contributed by atoms with Crippen molar-refractivity contribution in [3.8, 4) is 0 Å². The van der Waals surface area contributed by atoms with E-state index in [1.54, 1.807) is 12.1 Å². The Bertz CT molecular complexity index is 378. The predicted octanol–water partition coefficient (Wildman–Crippen LogP) is 2.20. The molecule has 0 aliphatic carbocycles. The lowest BCUT2D eigenvalue weighted by Crippen LogP contribution is -2.34. The van der Waals surface area contributed by atoms with Gasteiger partial charge in [-0.2, -0.15) is 0 Å². The molecule has 0 bridgehead atoms. The number of thiophene rings is 1. The molecule has 0 aliphatic heterocycles. The summed E-state index contributed by atoms with van der Waals surface area (Å²) < 4.78 is 0.599. The number of nitrogens with one attached hydrogen (secondary N) is 1. The topological polar surface area (TPSA) is 55.1 Å². The summed E-state index contributed by atoms with van der Waals surface area (Å²) in [6.07, 6.45) is 0.500. The van der Waals surface area contributed by atoms with Crippen molar-refractivity contribution in [2.24, 2.45) is 5.73 Å². The third kappa shape index (κ3) is 4.15. The van der Waals surface area contributed by atoms with Gasteiger partial charge in [0, 0.05) is 12.5 Å². The number of hydrogen-bond acceptors (Lipinski definition) is 3.